The number of nitrogens with zero attached hydrogens (tertiary/aromatic N) is 3. The second-order valence-corrected chi connectivity index (χ2v) is 4.75. The molecule has 98 valence electrons. The summed E-state index contributed by atoms with van der Waals surface area (Å²) in [7, 11) is 0. The summed E-state index contributed by atoms with van der Waals surface area (Å²) in [5, 5.41) is 0. The van der Waals surface area contributed by atoms with Crippen LogP contribution >= 0.6 is 0 Å². The van der Waals surface area contributed by atoms with Gasteiger partial charge in [-0.25, -0.2) is 9.97 Å². The van der Waals surface area contributed by atoms with E-state index in [1.54, 1.807) is 6.20 Å². The van der Waals surface area contributed by atoms with Crippen LogP contribution in [0.15, 0.2) is 18.5 Å². The predicted molar refractivity (Wildman–Crippen MR) is 71.3 cm³/mol. The maximum absolute atomic E-state index is 11.7. The van der Waals surface area contributed by atoms with Gasteiger partial charge in [-0.3, -0.25) is 9.36 Å². The number of carbonyl (C=O) groups excluding carboxylic acids is 1. The van der Waals surface area contributed by atoms with E-state index in [0.29, 0.717) is 11.4 Å². The molecule has 19 heavy (non-hydrogen) atoms. The number of amides is 1. The smallest absolute Gasteiger partial charge is 0.252 e. The first kappa shape index (κ1) is 11.9. The Morgan fingerprint density at radius 2 is 2.32 bits per heavy atom. The molecule has 2 heterocycles. The summed E-state index contributed by atoms with van der Waals surface area (Å²) < 4.78 is 1.86. The van der Waals surface area contributed by atoms with Gasteiger partial charge in [0.05, 0.1) is 5.56 Å². The first-order valence-corrected chi connectivity index (χ1v) is 6.56. The van der Waals surface area contributed by atoms with Crippen LogP contribution in [0, 0.1) is 0 Å². The molecule has 1 aliphatic carbocycles. The van der Waals surface area contributed by atoms with Crippen LogP contribution in [0.4, 0.5) is 0 Å². The summed E-state index contributed by atoms with van der Waals surface area (Å²) in [4.78, 5) is 20.6. The van der Waals surface area contributed by atoms with Crippen LogP contribution in [-0.4, -0.2) is 20.4 Å². The van der Waals surface area contributed by atoms with Gasteiger partial charge < -0.3 is 5.73 Å². The van der Waals surface area contributed by atoms with Crippen molar-refractivity contribution in [3.05, 3.63) is 41.1 Å². The van der Waals surface area contributed by atoms with Crippen molar-refractivity contribution in [3.8, 4) is 5.82 Å². The molecule has 5 nitrogen and oxygen atoms in total. The highest BCUT2D eigenvalue weighted by atomic mass is 16.1. The number of nitrogens with two attached hydrogens (primary N) is 1. The zero-order chi connectivity index (χ0) is 13.4. The maximum Gasteiger partial charge on any atom is 0.252 e. The Morgan fingerprint density at radius 3 is 3.05 bits per heavy atom. The number of aryl methyl sites for hydroxylation is 3. The van der Waals surface area contributed by atoms with Crippen molar-refractivity contribution in [2.45, 2.75) is 32.6 Å². The van der Waals surface area contributed by atoms with Gasteiger partial charge in [-0.2, -0.15) is 0 Å². The average Bonchev–Trinajstić information content (AvgIpc) is 3.04. The van der Waals surface area contributed by atoms with Crippen LogP contribution in [0.25, 0.3) is 5.82 Å². The highest BCUT2D eigenvalue weighted by Crippen LogP contribution is 2.25. The number of primary amides is 1. The number of hydrogen-bond donors (Lipinski definition) is 1. The maximum atomic E-state index is 11.7. The monoisotopic (exact) mass is 256 g/mol. The van der Waals surface area contributed by atoms with E-state index in [0.717, 1.165) is 42.8 Å². The average molecular weight is 256 g/mol. The molecule has 0 radical (unpaired) electrons. The molecule has 0 aliphatic heterocycles. The lowest BCUT2D eigenvalue weighted by atomic mass is 10.1. The van der Waals surface area contributed by atoms with Gasteiger partial charge in [0.2, 0.25) is 0 Å². The molecule has 0 bridgehead atoms. The minimum atomic E-state index is -0.437. The Morgan fingerprint density at radius 1 is 1.47 bits per heavy atom. The van der Waals surface area contributed by atoms with Gasteiger partial charge in [0.1, 0.15) is 5.82 Å². The highest BCUT2D eigenvalue weighted by molar-refractivity contribution is 5.96. The Hall–Kier alpha value is -2.17. The van der Waals surface area contributed by atoms with Crippen LogP contribution in [0.5, 0.6) is 0 Å². The summed E-state index contributed by atoms with van der Waals surface area (Å²) in [6.07, 6.45) is 7.37. The lowest BCUT2D eigenvalue weighted by Gasteiger charge is -2.12. The van der Waals surface area contributed by atoms with Gasteiger partial charge in [-0.05, 0) is 30.9 Å². The normalized spacial score (nSPS) is 13.5. The van der Waals surface area contributed by atoms with Gasteiger partial charge in [0.15, 0.2) is 5.82 Å². The highest BCUT2D eigenvalue weighted by Gasteiger charge is 2.20. The number of rotatable bonds is 3. The minimum absolute atomic E-state index is 0.437. The van der Waals surface area contributed by atoms with Crippen LogP contribution in [0.1, 0.15) is 40.8 Å². The van der Waals surface area contributed by atoms with Crippen LogP contribution < -0.4 is 5.73 Å². The van der Waals surface area contributed by atoms with Crippen molar-refractivity contribution in [1.29, 1.82) is 0 Å². The van der Waals surface area contributed by atoms with Crippen molar-refractivity contribution >= 4 is 5.91 Å². The fourth-order valence-corrected chi connectivity index (χ4v) is 2.61. The summed E-state index contributed by atoms with van der Waals surface area (Å²) >= 11 is 0. The van der Waals surface area contributed by atoms with Gasteiger partial charge in [-0.15, -0.1) is 0 Å². The molecule has 0 spiro atoms. The molecular weight excluding hydrogens is 240 g/mol. The molecule has 0 saturated carbocycles. The second kappa shape index (κ2) is 4.50. The molecule has 2 aromatic heterocycles. The lowest BCUT2D eigenvalue weighted by Crippen LogP contribution is -2.18. The summed E-state index contributed by atoms with van der Waals surface area (Å²) in [6, 6.07) is 1.90. The van der Waals surface area contributed by atoms with Gasteiger partial charge in [-0.1, -0.05) is 6.92 Å². The summed E-state index contributed by atoms with van der Waals surface area (Å²) in [5.41, 5.74) is 8.20. The summed E-state index contributed by atoms with van der Waals surface area (Å²) in [5.74, 6) is 1.06. The number of fused-ring (bicyclic) bond motifs is 1. The van der Waals surface area contributed by atoms with Crippen LogP contribution in [0.3, 0.4) is 0 Å². The van der Waals surface area contributed by atoms with Gasteiger partial charge in [0.25, 0.3) is 5.91 Å². The molecule has 2 N–H and O–H groups in total. The Balaban J connectivity index is 2.22. The van der Waals surface area contributed by atoms with Gasteiger partial charge in [0, 0.05) is 24.5 Å². The molecule has 0 fully saturated rings. The molecule has 0 unspecified atom stereocenters. The number of imidazole rings is 1. The first-order valence-electron chi connectivity index (χ1n) is 6.56. The second-order valence-electron chi connectivity index (χ2n) is 4.75. The number of aromatic nitrogens is 3. The van der Waals surface area contributed by atoms with Gasteiger partial charge >= 0.3 is 0 Å². The molecule has 2 aromatic rings. The fraction of sp³-hybridized carbons (Fsp3) is 0.357. The zero-order valence-corrected chi connectivity index (χ0v) is 10.9. The Labute approximate surface area is 111 Å². The van der Waals surface area contributed by atoms with Crippen molar-refractivity contribution < 1.29 is 4.79 Å². The molecule has 3 rings (SSSR count). The van der Waals surface area contributed by atoms with Crippen LogP contribution in [-0.2, 0) is 19.3 Å². The fourth-order valence-electron chi connectivity index (χ4n) is 2.61. The third kappa shape index (κ3) is 1.91. The van der Waals surface area contributed by atoms with E-state index >= 15 is 0 Å². The summed E-state index contributed by atoms with van der Waals surface area (Å²) in [6.45, 7) is 2.02. The predicted octanol–water partition coefficient (Wildman–Crippen LogP) is 1.42. The Bertz CT molecular complexity index is 645. The SMILES string of the molecule is CCc1nccn1-c1nc2c(cc1C(N)=O)CCC2. The first-order chi connectivity index (χ1) is 9.20. The van der Waals surface area contributed by atoms with Crippen LogP contribution in [0.2, 0.25) is 0 Å². The van der Waals surface area contributed by atoms with E-state index in [4.69, 9.17) is 5.73 Å². The molecular formula is C14H16N4O. The van der Waals surface area contributed by atoms with Crippen molar-refractivity contribution in [2.24, 2.45) is 5.73 Å². The van der Waals surface area contributed by atoms with E-state index in [9.17, 15) is 4.79 Å². The molecule has 0 aromatic carbocycles. The Kier molecular flexibility index (Phi) is 2.81. The number of carbonyl (C=O) groups is 1. The van der Waals surface area contributed by atoms with E-state index < -0.39 is 5.91 Å². The molecule has 5 heteroatoms. The largest absolute Gasteiger partial charge is 0.365 e. The van der Waals surface area contributed by atoms with E-state index in [1.165, 1.54) is 0 Å². The van der Waals surface area contributed by atoms with E-state index in [1.807, 2.05) is 23.8 Å². The van der Waals surface area contributed by atoms with E-state index in [-0.39, 0.29) is 0 Å². The van der Waals surface area contributed by atoms with Crippen molar-refractivity contribution in [1.82, 2.24) is 14.5 Å². The molecule has 1 amide bonds. The third-order valence-electron chi connectivity index (χ3n) is 3.56. The minimum Gasteiger partial charge on any atom is -0.365 e. The topological polar surface area (TPSA) is 73.8 Å². The standard InChI is InChI=1S/C14H16N4O/c1-2-12-16-6-7-18(12)14-10(13(15)19)8-9-4-3-5-11(9)17-14/h6-8H,2-5H2,1H3,(H2,15,19). The van der Waals surface area contributed by atoms with Crippen molar-refractivity contribution in [2.75, 3.05) is 0 Å². The molecule has 0 atom stereocenters. The molecule has 1 aliphatic rings. The molecule has 0 saturated heterocycles. The third-order valence-corrected chi connectivity index (χ3v) is 3.56. The number of pyridine rings is 1. The van der Waals surface area contributed by atoms with Crippen molar-refractivity contribution in [3.63, 3.8) is 0 Å². The zero-order valence-electron chi connectivity index (χ0n) is 10.9. The van der Waals surface area contributed by atoms with E-state index in [2.05, 4.69) is 9.97 Å². The quantitative estimate of drug-likeness (QED) is 0.902. The number of hydrogen-bond acceptors (Lipinski definition) is 3. The lowest BCUT2D eigenvalue weighted by molar-refractivity contribution is 0.1000.